The summed E-state index contributed by atoms with van der Waals surface area (Å²) >= 11 is 0. The number of carbonyl (C=O) groups excluding carboxylic acids is 1. The lowest BCUT2D eigenvalue weighted by Gasteiger charge is -2.18. The van der Waals surface area contributed by atoms with E-state index in [1.807, 2.05) is 55.5 Å². The Morgan fingerprint density at radius 3 is 2.48 bits per heavy atom. The fraction of sp³-hybridized carbons (Fsp3) is 0.350. The number of methoxy groups -OCH3 is 2. The molecule has 1 amide bonds. The zero-order valence-corrected chi connectivity index (χ0v) is 15.0. The summed E-state index contributed by atoms with van der Waals surface area (Å²) < 4.78 is 16.2. The molecule has 2 aromatic carbocycles. The molecule has 0 saturated heterocycles. The second-order valence-corrected chi connectivity index (χ2v) is 5.66. The molecule has 0 aromatic heterocycles. The van der Waals surface area contributed by atoms with Crippen LogP contribution in [-0.2, 0) is 4.79 Å². The van der Waals surface area contributed by atoms with Gasteiger partial charge < -0.3 is 19.5 Å². The van der Waals surface area contributed by atoms with Crippen molar-refractivity contribution in [2.75, 3.05) is 20.8 Å². The van der Waals surface area contributed by atoms with Crippen LogP contribution in [0, 0.1) is 0 Å². The van der Waals surface area contributed by atoms with Crippen LogP contribution in [0.5, 0.6) is 17.2 Å². The molecule has 2 rings (SSSR count). The van der Waals surface area contributed by atoms with Crippen LogP contribution in [0.3, 0.4) is 0 Å². The quantitative estimate of drug-likeness (QED) is 0.705. The van der Waals surface area contributed by atoms with Gasteiger partial charge in [-0.3, -0.25) is 4.79 Å². The van der Waals surface area contributed by atoms with Crippen LogP contribution in [0.25, 0.3) is 0 Å². The van der Waals surface area contributed by atoms with Crippen LogP contribution in [0.1, 0.15) is 31.4 Å². The average Bonchev–Trinajstić information content (AvgIpc) is 2.65. The van der Waals surface area contributed by atoms with Crippen molar-refractivity contribution in [3.05, 3.63) is 54.1 Å². The summed E-state index contributed by atoms with van der Waals surface area (Å²) in [6, 6.07) is 15.0. The zero-order chi connectivity index (χ0) is 18.1. The monoisotopic (exact) mass is 343 g/mol. The summed E-state index contributed by atoms with van der Waals surface area (Å²) in [5.41, 5.74) is 0.885. The first-order valence-corrected chi connectivity index (χ1v) is 8.33. The molecule has 2 aromatic rings. The maximum atomic E-state index is 12.2. The first-order chi connectivity index (χ1) is 12.1. The van der Waals surface area contributed by atoms with E-state index in [4.69, 9.17) is 14.2 Å². The van der Waals surface area contributed by atoms with Gasteiger partial charge in [-0.15, -0.1) is 0 Å². The Bertz CT molecular complexity index is 673. The predicted octanol–water partition coefficient (Wildman–Crippen LogP) is 3.74. The molecule has 0 aliphatic rings. The van der Waals surface area contributed by atoms with E-state index in [0.29, 0.717) is 19.4 Å². The first kappa shape index (κ1) is 18.6. The van der Waals surface area contributed by atoms with Crippen molar-refractivity contribution < 1.29 is 19.0 Å². The average molecular weight is 343 g/mol. The van der Waals surface area contributed by atoms with Gasteiger partial charge in [0.25, 0.3) is 0 Å². The molecule has 5 nitrogen and oxygen atoms in total. The largest absolute Gasteiger partial charge is 0.497 e. The molecule has 0 fully saturated rings. The minimum Gasteiger partial charge on any atom is -0.497 e. The summed E-state index contributed by atoms with van der Waals surface area (Å²) in [7, 11) is 3.22. The van der Waals surface area contributed by atoms with Gasteiger partial charge in [-0.05, 0) is 43.7 Å². The number of ether oxygens (including phenoxy) is 3. The van der Waals surface area contributed by atoms with E-state index in [2.05, 4.69) is 5.32 Å². The Morgan fingerprint density at radius 1 is 1.04 bits per heavy atom. The molecular formula is C20H25NO4. The fourth-order valence-corrected chi connectivity index (χ4v) is 2.51. The molecule has 0 aliphatic carbocycles. The van der Waals surface area contributed by atoms with Crippen molar-refractivity contribution in [2.24, 2.45) is 0 Å². The smallest absolute Gasteiger partial charge is 0.220 e. The van der Waals surface area contributed by atoms with Gasteiger partial charge in [-0.25, -0.2) is 0 Å². The number of rotatable bonds is 9. The minimum atomic E-state index is -0.174. The van der Waals surface area contributed by atoms with Gasteiger partial charge >= 0.3 is 0 Å². The summed E-state index contributed by atoms with van der Waals surface area (Å²) in [6.45, 7) is 2.43. The summed E-state index contributed by atoms with van der Waals surface area (Å²) in [6.07, 6.45) is 1.06. The van der Waals surface area contributed by atoms with E-state index in [1.165, 1.54) is 0 Å². The molecule has 1 N–H and O–H groups in total. The topological polar surface area (TPSA) is 56.8 Å². The number of carbonyl (C=O) groups is 1. The van der Waals surface area contributed by atoms with Crippen LogP contribution < -0.4 is 19.5 Å². The van der Waals surface area contributed by atoms with Crippen molar-refractivity contribution in [3.63, 3.8) is 0 Å². The van der Waals surface area contributed by atoms with Gasteiger partial charge in [0, 0.05) is 12.0 Å². The maximum absolute atomic E-state index is 12.2. The van der Waals surface area contributed by atoms with E-state index < -0.39 is 0 Å². The molecule has 0 unspecified atom stereocenters. The Morgan fingerprint density at radius 2 is 1.80 bits per heavy atom. The Labute approximate surface area is 148 Å². The van der Waals surface area contributed by atoms with Crippen molar-refractivity contribution in [1.29, 1.82) is 0 Å². The van der Waals surface area contributed by atoms with Gasteiger partial charge in [0.15, 0.2) is 0 Å². The normalized spacial score (nSPS) is 11.5. The van der Waals surface area contributed by atoms with Crippen LogP contribution >= 0.6 is 0 Å². The Balaban J connectivity index is 1.81. The lowest BCUT2D eigenvalue weighted by Crippen LogP contribution is -2.27. The van der Waals surface area contributed by atoms with Gasteiger partial charge in [-0.1, -0.05) is 18.2 Å². The number of benzene rings is 2. The van der Waals surface area contributed by atoms with Gasteiger partial charge in [0.05, 0.1) is 26.9 Å². The molecule has 0 bridgehead atoms. The summed E-state index contributed by atoms with van der Waals surface area (Å²) in [4.78, 5) is 12.2. The highest BCUT2D eigenvalue weighted by molar-refractivity contribution is 5.76. The van der Waals surface area contributed by atoms with Gasteiger partial charge in [-0.2, -0.15) is 0 Å². The maximum Gasteiger partial charge on any atom is 0.220 e. The van der Waals surface area contributed by atoms with Gasteiger partial charge in [0.2, 0.25) is 5.91 Å². The number of amides is 1. The number of hydrogen-bond acceptors (Lipinski definition) is 4. The number of para-hydroxylation sites is 1. The van der Waals surface area contributed by atoms with Crippen molar-refractivity contribution >= 4 is 5.91 Å². The Kier molecular flexibility index (Phi) is 7.14. The number of nitrogens with one attached hydrogen (secondary N) is 1. The summed E-state index contributed by atoms with van der Waals surface area (Å²) in [5.74, 6) is 2.25. The molecule has 0 spiro atoms. The lowest BCUT2D eigenvalue weighted by molar-refractivity contribution is -0.121. The van der Waals surface area contributed by atoms with Crippen LogP contribution in [-0.4, -0.2) is 26.7 Å². The molecule has 0 heterocycles. The first-order valence-electron chi connectivity index (χ1n) is 8.33. The third-order valence-electron chi connectivity index (χ3n) is 3.84. The molecule has 0 saturated carbocycles. The van der Waals surface area contributed by atoms with E-state index in [9.17, 15) is 4.79 Å². The summed E-state index contributed by atoms with van der Waals surface area (Å²) in [5, 5.41) is 2.99. The predicted molar refractivity (Wildman–Crippen MR) is 97.3 cm³/mol. The van der Waals surface area contributed by atoms with Crippen LogP contribution in [0.15, 0.2) is 48.5 Å². The molecule has 1 atom stereocenters. The van der Waals surface area contributed by atoms with E-state index in [1.54, 1.807) is 14.2 Å². The third-order valence-corrected chi connectivity index (χ3v) is 3.84. The molecule has 5 heteroatoms. The zero-order valence-electron chi connectivity index (χ0n) is 15.0. The molecular weight excluding hydrogens is 318 g/mol. The molecule has 0 radical (unpaired) electrons. The highest BCUT2D eigenvalue weighted by Crippen LogP contribution is 2.29. The molecule has 25 heavy (non-hydrogen) atoms. The van der Waals surface area contributed by atoms with E-state index >= 15 is 0 Å². The van der Waals surface area contributed by atoms with Crippen LogP contribution in [0.4, 0.5) is 0 Å². The third kappa shape index (κ3) is 5.71. The van der Waals surface area contributed by atoms with E-state index in [0.717, 1.165) is 22.8 Å². The SMILES string of the molecule is COc1ccc(OC)c([C@@H](C)NC(=O)CCCOc2ccccc2)c1. The van der Waals surface area contributed by atoms with Crippen LogP contribution in [0.2, 0.25) is 0 Å². The van der Waals surface area contributed by atoms with Crippen molar-refractivity contribution in [1.82, 2.24) is 5.32 Å². The van der Waals surface area contributed by atoms with Gasteiger partial charge in [0.1, 0.15) is 17.2 Å². The highest BCUT2D eigenvalue weighted by atomic mass is 16.5. The fourth-order valence-electron chi connectivity index (χ4n) is 2.51. The molecule has 134 valence electrons. The minimum absolute atomic E-state index is 0.0194. The Hall–Kier alpha value is -2.69. The standard InChI is InChI=1S/C20H25NO4/c1-15(18-14-17(23-2)11-12-19(18)24-3)21-20(22)10-7-13-25-16-8-5-4-6-9-16/h4-6,8-9,11-12,14-15H,7,10,13H2,1-3H3,(H,21,22)/t15-/m1/s1. The van der Waals surface area contributed by atoms with E-state index in [-0.39, 0.29) is 11.9 Å². The second-order valence-electron chi connectivity index (χ2n) is 5.66. The van der Waals surface area contributed by atoms with Crippen molar-refractivity contribution in [3.8, 4) is 17.2 Å². The highest BCUT2D eigenvalue weighted by Gasteiger charge is 2.15. The lowest BCUT2D eigenvalue weighted by atomic mass is 10.1. The number of hydrogen-bond donors (Lipinski definition) is 1. The molecule has 0 aliphatic heterocycles. The second kappa shape index (κ2) is 9.57. The van der Waals surface area contributed by atoms with Crippen molar-refractivity contribution in [2.45, 2.75) is 25.8 Å².